The van der Waals surface area contributed by atoms with E-state index < -0.39 is 18.0 Å². The molecule has 0 spiro atoms. The normalized spacial score (nSPS) is 16.1. The van der Waals surface area contributed by atoms with Crippen molar-refractivity contribution in [3.63, 3.8) is 0 Å². The molecule has 0 aromatic rings. The number of ether oxygens (including phenoxy) is 1. The van der Waals surface area contributed by atoms with Crippen LogP contribution in [-0.4, -0.2) is 67.3 Å². The van der Waals surface area contributed by atoms with E-state index in [2.05, 4.69) is 10.6 Å². The van der Waals surface area contributed by atoms with Gasteiger partial charge in [0.25, 0.3) is 0 Å². The van der Waals surface area contributed by atoms with Gasteiger partial charge in [0.15, 0.2) is 6.04 Å². The molecule has 1 aliphatic rings. The molecule has 21 heavy (non-hydrogen) atoms. The van der Waals surface area contributed by atoms with Crippen molar-refractivity contribution >= 4 is 17.9 Å². The monoisotopic (exact) mass is 301 g/mol. The van der Waals surface area contributed by atoms with E-state index in [1.54, 1.807) is 4.90 Å². The topological polar surface area (TPSA) is 108 Å². The van der Waals surface area contributed by atoms with Gasteiger partial charge in [-0.1, -0.05) is 0 Å². The molecule has 0 aromatic carbocycles. The second-order valence-electron chi connectivity index (χ2n) is 4.94. The maximum absolute atomic E-state index is 11.9. The number of amides is 3. The number of nitrogens with one attached hydrogen (secondary N) is 2. The first-order valence-corrected chi connectivity index (χ1v) is 7.08. The summed E-state index contributed by atoms with van der Waals surface area (Å²) in [4.78, 5) is 36.0. The van der Waals surface area contributed by atoms with E-state index in [0.29, 0.717) is 0 Å². The average molecular weight is 301 g/mol. The molecular weight excluding hydrogens is 278 g/mol. The number of carboxylic acid groups (broad SMARTS) is 1. The van der Waals surface area contributed by atoms with Gasteiger partial charge >= 0.3 is 12.0 Å². The molecule has 8 nitrogen and oxygen atoms in total. The Morgan fingerprint density at radius 1 is 1.24 bits per heavy atom. The number of piperidine rings is 1. The third-order valence-corrected chi connectivity index (χ3v) is 3.27. The summed E-state index contributed by atoms with van der Waals surface area (Å²) in [6, 6.07) is -1.72. The van der Waals surface area contributed by atoms with Gasteiger partial charge < -0.3 is 25.4 Å². The Kier molecular flexibility index (Phi) is 7.52. The number of carboxylic acids is 1. The summed E-state index contributed by atoms with van der Waals surface area (Å²) in [6.07, 6.45) is 3.42. The van der Waals surface area contributed by atoms with Gasteiger partial charge in [-0.25, -0.2) is 9.59 Å². The number of carbonyl (C=O) groups excluding carboxylic acids is 2. The number of aliphatic carboxylic acids is 1. The number of nitrogens with zero attached hydrogens (tertiary/aromatic N) is 1. The molecular formula is C13H23N3O5. The minimum Gasteiger partial charge on any atom is -0.480 e. The van der Waals surface area contributed by atoms with Gasteiger partial charge in [0.1, 0.15) is 0 Å². The van der Waals surface area contributed by atoms with Crippen molar-refractivity contribution in [3.8, 4) is 0 Å². The minimum absolute atomic E-state index is 0.0154. The summed E-state index contributed by atoms with van der Waals surface area (Å²) in [6.45, 7) is 1.62. The molecule has 3 amide bonds. The molecule has 0 saturated carbocycles. The maximum atomic E-state index is 11.9. The zero-order chi connectivity index (χ0) is 15.7. The highest BCUT2D eigenvalue weighted by Crippen LogP contribution is 2.09. The number of likely N-dealkylation sites (tertiary alicyclic amines) is 1. The van der Waals surface area contributed by atoms with Crippen LogP contribution in [0.3, 0.4) is 0 Å². The molecule has 0 bridgehead atoms. The van der Waals surface area contributed by atoms with E-state index in [9.17, 15) is 14.4 Å². The lowest BCUT2D eigenvalue weighted by Gasteiger charge is -2.26. The van der Waals surface area contributed by atoms with Crippen LogP contribution in [0.4, 0.5) is 4.79 Å². The van der Waals surface area contributed by atoms with Crippen molar-refractivity contribution < 1.29 is 24.2 Å². The smallest absolute Gasteiger partial charge is 0.328 e. The SMILES string of the molecule is COCC(NC(=O)NCCC(=O)N1CCCCC1)C(=O)O. The van der Waals surface area contributed by atoms with Crippen LogP contribution in [-0.2, 0) is 14.3 Å². The van der Waals surface area contributed by atoms with E-state index in [4.69, 9.17) is 9.84 Å². The molecule has 1 aliphatic heterocycles. The highest BCUT2D eigenvalue weighted by molar-refractivity contribution is 5.83. The van der Waals surface area contributed by atoms with Crippen LogP contribution >= 0.6 is 0 Å². The largest absolute Gasteiger partial charge is 0.480 e. The van der Waals surface area contributed by atoms with E-state index >= 15 is 0 Å². The molecule has 0 aliphatic carbocycles. The van der Waals surface area contributed by atoms with Crippen LogP contribution in [0.1, 0.15) is 25.7 Å². The van der Waals surface area contributed by atoms with Crippen molar-refractivity contribution in [1.82, 2.24) is 15.5 Å². The summed E-state index contributed by atoms with van der Waals surface area (Å²) in [5, 5.41) is 13.6. The predicted molar refractivity (Wildman–Crippen MR) is 74.9 cm³/mol. The number of rotatable bonds is 7. The van der Waals surface area contributed by atoms with Crippen LogP contribution in [0.25, 0.3) is 0 Å². The summed E-state index contributed by atoms with van der Waals surface area (Å²) in [5.41, 5.74) is 0. The molecule has 1 saturated heterocycles. The first kappa shape index (κ1) is 17.2. The number of methoxy groups -OCH3 is 1. The van der Waals surface area contributed by atoms with Crippen LogP contribution in [0.5, 0.6) is 0 Å². The van der Waals surface area contributed by atoms with Crippen molar-refractivity contribution in [2.45, 2.75) is 31.7 Å². The van der Waals surface area contributed by atoms with Crippen LogP contribution < -0.4 is 10.6 Å². The fourth-order valence-corrected chi connectivity index (χ4v) is 2.14. The van der Waals surface area contributed by atoms with E-state index in [-0.39, 0.29) is 25.5 Å². The summed E-state index contributed by atoms with van der Waals surface area (Å²) >= 11 is 0. The molecule has 120 valence electrons. The van der Waals surface area contributed by atoms with Crippen molar-refractivity contribution in [2.24, 2.45) is 0 Å². The van der Waals surface area contributed by atoms with Crippen molar-refractivity contribution in [3.05, 3.63) is 0 Å². The third kappa shape index (κ3) is 6.44. The molecule has 0 aromatic heterocycles. The van der Waals surface area contributed by atoms with Gasteiger partial charge in [-0.2, -0.15) is 0 Å². The summed E-state index contributed by atoms with van der Waals surface area (Å²) in [7, 11) is 1.35. The second-order valence-corrected chi connectivity index (χ2v) is 4.94. The number of carbonyl (C=O) groups is 3. The lowest BCUT2D eigenvalue weighted by Crippen LogP contribution is -2.48. The van der Waals surface area contributed by atoms with Gasteiger partial charge in [0, 0.05) is 33.2 Å². The van der Waals surface area contributed by atoms with E-state index in [0.717, 1.165) is 32.4 Å². The van der Waals surface area contributed by atoms with Crippen molar-refractivity contribution in [1.29, 1.82) is 0 Å². The summed E-state index contributed by atoms with van der Waals surface area (Å²) < 4.78 is 4.70. The van der Waals surface area contributed by atoms with E-state index in [1.807, 2.05) is 0 Å². The zero-order valence-electron chi connectivity index (χ0n) is 12.3. The highest BCUT2D eigenvalue weighted by atomic mass is 16.5. The maximum Gasteiger partial charge on any atom is 0.328 e. The Hall–Kier alpha value is -1.83. The van der Waals surface area contributed by atoms with Gasteiger partial charge in [0.05, 0.1) is 6.61 Å². The Labute approximate surface area is 123 Å². The van der Waals surface area contributed by atoms with Crippen LogP contribution in [0.2, 0.25) is 0 Å². The van der Waals surface area contributed by atoms with Crippen LogP contribution in [0.15, 0.2) is 0 Å². The molecule has 8 heteroatoms. The van der Waals surface area contributed by atoms with Gasteiger partial charge in [-0.05, 0) is 19.3 Å². The molecule has 1 unspecified atom stereocenters. The quantitative estimate of drug-likeness (QED) is 0.603. The number of urea groups is 1. The molecule has 1 fully saturated rings. The summed E-state index contributed by atoms with van der Waals surface area (Å²) in [5.74, 6) is -1.15. The molecule has 1 atom stereocenters. The Bertz CT molecular complexity index is 369. The number of hydrogen-bond donors (Lipinski definition) is 3. The molecule has 1 rings (SSSR count). The molecule has 3 N–H and O–H groups in total. The molecule has 0 radical (unpaired) electrons. The molecule has 1 heterocycles. The average Bonchev–Trinajstić information content (AvgIpc) is 2.47. The zero-order valence-corrected chi connectivity index (χ0v) is 12.3. The fraction of sp³-hybridized carbons (Fsp3) is 0.769. The van der Waals surface area contributed by atoms with Crippen LogP contribution in [0, 0.1) is 0 Å². The first-order chi connectivity index (χ1) is 10.0. The fourth-order valence-electron chi connectivity index (χ4n) is 2.14. The minimum atomic E-state index is -1.17. The van der Waals surface area contributed by atoms with E-state index in [1.165, 1.54) is 7.11 Å². The van der Waals surface area contributed by atoms with Crippen molar-refractivity contribution in [2.75, 3.05) is 33.4 Å². The lowest BCUT2D eigenvalue weighted by molar-refractivity contribution is -0.140. The predicted octanol–water partition coefficient (Wildman–Crippen LogP) is -0.212. The van der Waals surface area contributed by atoms with Gasteiger partial charge in [-0.15, -0.1) is 0 Å². The highest BCUT2D eigenvalue weighted by Gasteiger charge is 2.20. The third-order valence-electron chi connectivity index (χ3n) is 3.27. The number of hydrogen-bond acceptors (Lipinski definition) is 4. The first-order valence-electron chi connectivity index (χ1n) is 7.08. The Morgan fingerprint density at radius 2 is 1.90 bits per heavy atom. The Balaban J connectivity index is 2.22. The Morgan fingerprint density at radius 3 is 2.48 bits per heavy atom. The standard InChI is InChI=1S/C13H23N3O5/c1-21-9-10(12(18)19)15-13(20)14-6-5-11(17)16-7-3-2-4-8-16/h10H,2-9H2,1H3,(H,18,19)(H2,14,15,20). The second kappa shape index (κ2) is 9.17. The lowest BCUT2D eigenvalue weighted by atomic mass is 10.1. The van der Waals surface area contributed by atoms with Gasteiger partial charge in [-0.3, -0.25) is 4.79 Å². The van der Waals surface area contributed by atoms with Gasteiger partial charge in [0.2, 0.25) is 5.91 Å².